The van der Waals surface area contributed by atoms with E-state index in [1.54, 1.807) is 0 Å². The fourth-order valence-electron chi connectivity index (χ4n) is 4.08. The quantitative estimate of drug-likeness (QED) is 0.751. The van der Waals surface area contributed by atoms with Crippen LogP contribution in [0.5, 0.6) is 0 Å². The Labute approximate surface area is 92.7 Å². The predicted octanol–water partition coefficient (Wildman–Crippen LogP) is 2.05. The van der Waals surface area contributed by atoms with E-state index in [1.165, 1.54) is 25.7 Å². The van der Waals surface area contributed by atoms with Crippen molar-refractivity contribution in [1.82, 2.24) is 0 Å². The first-order valence-corrected chi connectivity index (χ1v) is 6.48. The van der Waals surface area contributed by atoms with Gasteiger partial charge in [0.2, 0.25) is 0 Å². The van der Waals surface area contributed by atoms with Crippen molar-refractivity contribution in [3.63, 3.8) is 0 Å². The first kappa shape index (κ1) is 11.4. The van der Waals surface area contributed by atoms with E-state index in [1.807, 2.05) is 0 Å². The van der Waals surface area contributed by atoms with Crippen molar-refractivity contribution in [2.75, 3.05) is 13.2 Å². The van der Waals surface area contributed by atoms with Crippen LogP contribution in [0.2, 0.25) is 0 Å². The smallest absolute Gasteiger partial charge is 0.0462 e. The molecular formula is C13H24O2. The van der Waals surface area contributed by atoms with E-state index in [-0.39, 0.29) is 0 Å². The van der Waals surface area contributed by atoms with Gasteiger partial charge < -0.3 is 10.2 Å². The maximum atomic E-state index is 9.36. The zero-order valence-corrected chi connectivity index (χ0v) is 9.73. The second-order valence-electron chi connectivity index (χ2n) is 5.67. The lowest BCUT2D eigenvalue weighted by Crippen LogP contribution is -2.32. The van der Waals surface area contributed by atoms with Gasteiger partial charge in [-0.2, -0.15) is 0 Å². The zero-order valence-electron chi connectivity index (χ0n) is 9.73. The van der Waals surface area contributed by atoms with Gasteiger partial charge in [-0.25, -0.2) is 0 Å². The molecule has 88 valence electrons. The summed E-state index contributed by atoms with van der Waals surface area (Å²) in [6.07, 6.45) is 6.05. The van der Waals surface area contributed by atoms with Gasteiger partial charge >= 0.3 is 0 Å². The Balaban J connectivity index is 2.00. The number of rotatable bonds is 3. The molecule has 0 amide bonds. The molecule has 2 aliphatic carbocycles. The van der Waals surface area contributed by atoms with E-state index in [9.17, 15) is 5.11 Å². The molecule has 2 N–H and O–H groups in total. The molecule has 2 fully saturated rings. The minimum atomic E-state index is 0.332. The van der Waals surface area contributed by atoms with E-state index in [4.69, 9.17) is 5.11 Å². The highest BCUT2D eigenvalue weighted by Crippen LogP contribution is 2.50. The fraction of sp³-hybridized carbons (Fsp3) is 1.00. The van der Waals surface area contributed by atoms with E-state index < -0.39 is 0 Å². The van der Waals surface area contributed by atoms with E-state index in [2.05, 4.69) is 6.92 Å². The number of aliphatic hydroxyl groups excluding tert-OH is 2. The highest BCUT2D eigenvalue weighted by molar-refractivity contribution is 4.92. The molecule has 2 nitrogen and oxygen atoms in total. The largest absolute Gasteiger partial charge is 0.396 e. The molecule has 0 aliphatic heterocycles. The normalized spacial score (nSPS) is 45.4. The van der Waals surface area contributed by atoms with Gasteiger partial charge in [0.25, 0.3) is 0 Å². The van der Waals surface area contributed by atoms with Gasteiger partial charge in [0.1, 0.15) is 0 Å². The lowest BCUT2D eigenvalue weighted by atomic mass is 9.67. The highest BCUT2D eigenvalue weighted by atomic mass is 16.3. The SMILES string of the molecule is CC1CC(CCO)CC2C(CO)CCC12. The number of hydrogen-bond donors (Lipinski definition) is 2. The molecule has 2 rings (SSSR count). The summed E-state index contributed by atoms with van der Waals surface area (Å²) in [7, 11) is 0. The summed E-state index contributed by atoms with van der Waals surface area (Å²) in [5.74, 6) is 3.67. The minimum absolute atomic E-state index is 0.332. The molecule has 0 spiro atoms. The molecule has 0 bridgehead atoms. The van der Waals surface area contributed by atoms with Crippen molar-refractivity contribution >= 4 is 0 Å². The van der Waals surface area contributed by atoms with Crippen LogP contribution in [0.1, 0.15) is 39.0 Å². The van der Waals surface area contributed by atoms with Crippen LogP contribution in [-0.2, 0) is 0 Å². The molecule has 5 unspecified atom stereocenters. The molecule has 5 atom stereocenters. The monoisotopic (exact) mass is 212 g/mol. The molecule has 0 aromatic heterocycles. The molecule has 15 heavy (non-hydrogen) atoms. The molecule has 0 saturated heterocycles. The minimum Gasteiger partial charge on any atom is -0.396 e. The van der Waals surface area contributed by atoms with E-state index in [0.29, 0.717) is 25.0 Å². The van der Waals surface area contributed by atoms with Crippen molar-refractivity contribution < 1.29 is 10.2 Å². The molecule has 0 heterocycles. The van der Waals surface area contributed by atoms with Crippen LogP contribution in [0.15, 0.2) is 0 Å². The molecule has 2 saturated carbocycles. The van der Waals surface area contributed by atoms with Crippen molar-refractivity contribution in [3.8, 4) is 0 Å². The molecular weight excluding hydrogens is 188 g/mol. The third-order valence-electron chi connectivity index (χ3n) is 4.84. The van der Waals surface area contributed by atoms with Crippen molar-refractivity contribution in [2.24, 2.45) is 29.6 Å². The molecule has 0 aromatic rings. The Kier molecular flexibility index (Phi) is 3.68. The highest BCUT2D eigenvalue weighted by Gasteiger charge is 2.42. The lowest BCUT2D eigenvalue weighted by molar-refractivity contribution is 0.0788. The van der Waals surface area contributed by atoms with Crippen molar-refractivity contribution in [3.05, 3.63) is 0 Å². The Morgan fingerprint density at radius 3 is 2.53 bits per heavy atom. The van der Waals surface area contributed by atoms with Gasteiger partial charge in [0, 0.05) is 13.2 Å². The summed E-state index contributed by atoms with van der Waals surface area (Å²) in [6, 6.07) is 0. The number of aliphatic hydroxyl groups is 2. The maximum absolute atomic E-state index is 9.36. The lowest BCUT2D eigenvalue weighted by Gasteiger charge is -2.38. The van der Waals surface area contributed by atoms with Crippen LogP contribution >= 0.6 is 0 Å². The number of fused-ring (bicyclic) bond motifs is 1. The molecule has 2 heteroatoms. The van der Waals surface area contributed by atoms with Gasteiger partial charge in [0.05, 0.1) is 0 Å². The standard InChI is InChI=1S/C13H24O2/c1-9-6-10(4-5-14)7-13-11(8-15)2-3-12(9)13/h9-15H,2-8H2,1H3. The molecule has 0 radical (unpaired) electrons. The van der Waals surface area contributed by atoms with E-state index >= 15 is 0 Å². The zero-order chi connectivity index (χ0) is 10.8. The van der Waals surface area contributed by atoms with Crippen LogP contribution in [0.4, 0.5) is 0 Å². The van der Waals surface area contributed by atoms with Gasteiger partial charge in [-0.15, -0.1) is 0 Å². The van der Waals surface area contributed by atoms with Crippen molar-refractivity contribution in [1.29, 1.82) is 0 Å². The first-order chi connectivity index (χ1) is 7.26. The van der Waals surface area contributed by atoms with Crippen LogP contribution in [0, 0.1) is 29.6 Å². The van der Waals surface area contributed by atoms with Crippen LogP contribution in [0.25, 0.3) is 0 Å². The topological polar surface area (TPSA) is 40.5 Å². The number of hydrogen-bond acceptors (Lipinski definition) is 2. The van der Waals surface area contributed by atoms with Gasteiger partial charge in [0.15, 0.2) is 0 Å². The average molecular weight is 212 g/mol. The van der Waals surface area contributed by atoms with Gasteiger partial charge in [-0.05, 0) is 61.7 Å². The second-order valence-corrected chi connectivity index (χ2v) is 5.67. The average Bonchev–Trinajstić information content (AvgIpc) is 2.61. The third kappa shape index (κ3) is 2.21. The van der Waals surface area contributed by atoms with Crippen LogP contribution in [-0.4, -0.2) is 23.4 Å². The fourth-order valence-corrected chi connectivity index (χ4v) is 4.08. The Morgan fingerprint density at radius 2 is 1.87 bits per heavy atom. The first-order valence-electron chi connectivity index (χ1n) is 6.48. The summed E-state index contributed by atoms with van der Waals surface area (Å²) in [5.41, 5.74) is 0. The van der Waals surface area contributed by atoms with Crippen LogP contribution < -0.4 is 0 Å². The Hall–Kier alpha value is -0.0800. The maximum Gasteiger partial charge on any atom is 0.0462 e. The third-order valence-corrected chi connectivity index (χ3v) is 4.84. The van der Waals surface area contributed by atoms with E-state index in [0.717, 1.165) is 24.2 Å². The Morgan fingerprint density at radius 1 is 1.07 bits per heavy atom. The Bertz CT molecular complexity index is 205. The summed E-state index contributed by atoms with van der Waals surface area (Å²) >= 11 is 0. The van der Waals surface area contributed by atoms with Gasteiger partial charge in [-0.3, -0.25) is 0 Å². The predicted molar refractivity (Wildman–Crippen MR) is 60.4 cm³/mol. The van der Waals surface area contributed by atoms with Gasteiger partial charge in [-0.1, -0.05) is 6.92 Å². The summed E-state index contributed by atoms with van der Waals surface area (Å²) in [4.78, 5) is 0. The summed E-state index contributed by atoms with van der Waals surface area (Å²) in [6.45, 7) is 3.07. The molecule has 0 aromatic carbocycles. The molecule has 2 aliphatic rings. The summed E-state index contributed by atoms with van der Waals surface area (Å²) in [5, 5.41) is 18.4. The summed E-state index contributed by atoms with van der Waals surface area (Å²) < 4.78 is 0. The van der Waals surface area contributed by atoms with Crippen LogP contribution in [0.3, 0.4) is 0 Å². The second kappa shape index (κ2) is 4.84. The van der Waals surface area contributed by atoms with Crippen molar-refractivity contribution in [2.45, 2.75) is 39.0 Å².